The van der Waals surface area contributed by atoms with Gasteiger partial charge in [-0.1, -0.05) is 0 Å². The van der Waals surface area contributed by atoms with Gasteiger partial charge in [-0.3, -0.25) is 9.59 Å². The topological polar surface area (TPSA) is 76.1 Å². The lowest BCUT2D eigenvalue weighted by atomic mass is 9.97. The summed E-state index contributed by atoms with van der Waals surface area (Å²) in [5.41, 5.74) is 0. The molecule has 1 N–H and O–H groups in total. The van der Waals surface area contributed by atoms with E-state index >= 15 is 0 Å². The summed E-state index contributed by atoms with van der Waals surface area (Å²) >= 11 is 0. The summed E-state index contributed by atoms with van der Waals surface area (Å²) in [5.74, 6) is -1.10. The van der Waals surface area contributed by atoms with Crippen LogP contribution in [-0.4, -0.2) is 60.9 Å². The molecule has 0 aromatic heterocycles. The summed E-state index contributed by atoms with van der Waals surface area (Å²) in [4.78, 5) is 24.5. The molecular formula is C13H21NO5. The number of likely N-dealkylation sites (tertiary alicyclic amines) is 1. The van der Waals surface area contributed by atoms with Crippen molar-refractivity contribution in [3.63, 3.8) is 0 Å². The minimum absolute atomic E-state index is 0.0321. The maximum absolute atomic E-state index is 11.9. The molecule has 0 aromatic rings. The number of carbonyl (C=O) groups excluding carboxylic acids is 1. The molecule has 2 heterocycles. The molecule has 0 atom stereocenters. The molecule has 2 saturated heterocycles. The maximum Gasteiger partial charge on any atom is 0.306 e. The van der Waals surface area contributed by atoms with Gasteiger partial charge in [-0.05, 0) is 25.7 Å². The predicted octanol–water partition coefficient (Wildman–Crippen LogP) is 0.505. The van der Waals surface area contributed by atoms with Gasteiger partial charge < -0.3 is 19.5 Å². The normalized spacial score (nSPS) is 22.4. The Kier molecular flexibility index (Phi) is 5.15. The quantitative estimate of drug-likeness (QED) is 0.806. The van der Waals surface area contributed by atoms with Crippen molar-refractivity contribution in [1.29, 1.82) is 0 Å². The molecule has 0 radical (unpaired) electrons. The SMILES string of the molecule is O=C(O)C1CCN(C(=O)COC2CCOCC2)CC1. The molecule has 6 heteroatoms. The monoisotopic (exact) mass is 271 g/mol. The van der Waals surface area contributed by atoms with Crippen LogP contribution in [0.3, 0.4) is 0 Å². The Bertz CT molecular complexity index is 319. The zero-order chi connectivity index (χ0) is 13.7. The summed E-state index contributed by atoms with van der Waals surface area (Å²) in [7, 11) is 0. The lowest BCUT2D eigenvalue weighted by Gasteiger charge is -2.31. The lowest BCUT2D eigenvalue weighted by molar-refractivity contribution is -0.148. The molecule has 0 spiro atoms. The van der Waals surface area contributed by atoms with Crippen molar-refractivity contribution < 1.29 is 24.2 Å². The largest absolute Gasteiger partial charge is 0.481 e. The molecular weight excluding hydrogens is 250 g/mol. The summed E-state index contributed by atoms with van der Waals surface area (Å²) in [6.07, 6.45) is 2.88. The summed E-state index contributed by atoms with van der Waals surface area (Å²) in [5, 5.41) is 8.90. The lowest BCUT2D eigenvalue weighted by Crippen LogP contribution is -2.42. The van der Waals surface area contributed by atoms with E-state index in [1.807, 2.05) is 0 Å². The fourth-order valence-electron chi connectivity index (χ4n) is 2.50. The highest BCUT2D eigenvalue weighted by Crippen LogP contribution is 2.18. The van der Waals surface area contributed by atoms with E-state index < -0.39 is 5.97 Å². The van der Waals surface area contributed by atoms with Crippen molar-refractivity contribution in [2.45, 2.75) is 31.8 Å². The van der Waals surface area contributed by atoms with Gasteiger partial charge in [0.15, 0.2) is 0 Å². The van der Waals surface area contributed by atoms with Crippen molar-refractivity contribution in [3.05, 3.63) is 0 Å². The highest BCUT2D eigenvalue weighted by molar-refractivity contribution is 5.78. The minimum atomic E-state index is -0.759. The number of amides is 1. The summed E-state index contributed by atoms with van der Waals surface area (Å²) in [6.45, 7) is 2.54. The molecule has 108 valence electrons. The highest BCUT2D eigenvalue weighted by Gasteiger charge is 2.27. The van der Waals surface area contributed by atoms with Crippen LogP contribution in [0.15, 0.2) is 0 Å². The van der Waals surface area contributed by atoms with Crippen molar-refractivity contribution >= 4 is 11.9 Å². The Morgan fingerprint density at radius 3 is 2.37 bits per heavy atom. The summed E-state index contributed by atoms with van der Waals surface area (Å²) in [6, 6.07) is 0. The van der Waals surface area contributed by atoms with Gasteiger partial charge in [0.25, 0.3) is 0 Å². The molecule has 0 saturated carbocycles. The Morgan fingerprint density at radius 1 is 1.16 bits per heavy atom. The second-order valence-electron chi connectivity index (χ2n) is 5.12. The van der Waals surface area contributed by atoms with Crippen molar-refractivity contribution in [2.24, 2.45) is 5.92 Å². The van der Waals surface area contributed by atoms with E-state index in [2.05, 4.69) is 0 Å². The Hall–Kier alpha value is -1.14. The van der Waals surface area contributed by atoms with Gasteiger partial charge in [0.1, 0.15) is 6.61 Å². The number of carbonyl (C=O) groups is 2. The standard InChI is InChI=1S/C13H21NO5/c15-12(9-19-11-3-7-18-8-4-11)14-5-1-10(2-6-14)13(16)17/h10-11H,1-9H2,(H,16,17). The van der Waals surface area contributed by atoms with Gasteiger partial charge in [-0.2, -0.15) is 0 Å². The first-order chi connectivity index (χ1) is 9.16. The molecule has 2 aliphatic rings. The number of hydrogen-bond acceptors (Lipinski definition) is 4. The van der Waals surface area contributed by atoms with Crippen molar-refractivity contribution in [1.82, 2.24) is 4.90 Å². The molecule has 1 amide bonds. The zero-order valence-electron chi connectivity index (χ0n) is 11.0. The van der Waals surface area contributed by atoms with E-state index in [-0.39, 0.29) is 24.5 Å². The van der Waals surface area contributed by atoms with Crippen LogP contribution in [0.4, 0.5) is 0 Å². The van der Waals surface area contributed by atoms with Crippen LogP contribution in [-0.2, 0) is 19.1 Å². The molecule has 2 rings (SSSR count). The third-order valence-corrected chi connectivity index (χ3v) is 3.81. The third-order valence-electron chi connectivity index (χ3n) is 3.81. The zero-order valence-corrected chi connectivity index (χ0v) is 11.0. The Balaban J connectivity index is 1.67. The number of rotatable bonds is 4. The van der Waals surface area contributed by atoms with Gasteiger partial charge in [0.05, 0.1) is 12.0 Å². The van der Waals surface area contributed by atoms with E-state index in [0.29, 0.717) is 39.1 Å². The van der Waals surface area contributed by atoms with E-state index in [0.717, 1.165) is 12.8 Å². The number of nitrogens with zero attached hydrogens (tertiary/aromatic N) is 1. The molecule has 2 fully saturated rings. The number of hydrogen-bond donors (Lipinski definition) is 1. The first-order valence-electron chi connectivity index (χ1n) is 6.86. The number of piperidine rings is 1. The van der Waals surface area contributed by atoms with Gasteiger partial charge >= 0.3 is 5.97 Å². The fourth-order valence-corrected chi connectivity index (χ4v) is 2.50. The molecule has 2 aliphatic heterocycles. The summed E-state index contributed by atoms with van der Waals surface area (Å²) < 4.78 is 10.8. The molecule has 0 aromatic carbocycles. The van der Waals surface area contributed by atoms with Crippen LogP contribution in [0.2, 0.25) is 0 Å². The average Bonchev–Trinajstić information content (AvgIpc) is 2.46. The Labute approximate surface area is 112 Å². The molecule has 19 heavy (non-hydrogen) atoms. The first kappa shape index (κ1) is 14.3. The van der Waals surface area contributed by atoms with E-state index in [9.17, 15) is 9.59 Å². The maximum atomic E-state index is 11.9. The van der Waals surface area contributed by atoms with Gasteiger partial charge in [-0.15, -0.1) is 0 Å². The highest BCUT2D eigenvalue weighted by atomic mass is 16.5. The molecule has 0 unspecified atom stereocenters. The number of ether oxygens (including phenoxy) is 2. The van der Waals surface area contributed by atoms with Crippen molar-refractivity contribution in [3.8, 4) is 0 Å². The smallest absolute Gasteiger partial charge is 0.306 e. The second-order valence-corrected chi connectivity index (χ2v) is 5.12. The minimum Gasteiger partial charge on any atom is -0.481 e. The number of carboxylic acids is 1. The molecule has 0 aliphatic carbocycles. The van der Waals surface area contributed by atoms with E-state index in [1.165, 1.54) is 0 Å². The van der Waals surface area contributed by atoms with Crippen LogP contribution < -0.4 is 0 Å². The predicted molar refractivity (Wildman–Crippen MR) is 66.7 cm³/mol. The average molecular weight is 271 g/mol. The van der Waals surface area contributed by atoms with Gasteiger partial charge in [-0.25, -0.2) is 0 Å². The van der Waals surface area contributed by atoms with Crippen molar-refractivity contribution in [2.75, 3.05) is 32.9 Å². The molecule has 6 nitrogen and oxygen atoms in total. The van der Waals surface area contributed by atoms with Crippen LogP contribution >= 0.6 is 0 Å². The van der Waals surface area contributed by atoms with E-state index in [4.69, 9.17) is 14.6 Å². The van der Waals surface area contributed by atoms with Gasteiger partial charge in [0.2, 0.25) is 5.91 Å². The van der Waals surface area contributed by atoms with Crippen LogP contribution in [0.5, 0.6) is 0 Å². The second kappa shape index (κ2) is 6.86. The fraction of sp³-hybridized carbons (Fsp3) is 0.846. The Morgan fingerprint density at radius 2 is 1.79 bits per heavy atom. The third kappa shape index (κ3) is 4.18. The van der Waals surface area contributed by atoms with E-state index in [1.54, 1.807) is 4.90 Å². The van der Waals surface area contributed by atoms with Crippen LogP contribution in [0, 0.1) is 5.92 Å². The van der Waals surface area contributed by atoms with Crippen LogP contribution in [0.1, 0.15) is 25.7 Å². The number of aliphatic carboxylic acids is 1. The van der Waals surface area contributed by atoms with Gasteiger partial charge in [0, 0.05) is 26.3 Å². The number of carboxylic acid groups (broad SMARTS) is 1. The molecule has 0 bridgehead atoms. The first-order valence-corrected chi connectivity index (χ1v) is 6.86. The van der Waals surface area contributed by atoms with Crippen LogP contribution in [0.25, 0.3) is 0 Å².